The number of hydrogen-bond acceptors (Lipinski definition) is 5. The summed E-state index contributed by atoms with van der Waals surface area (Å²) in [6, 6.07) is 1.30. The van der Waals surface area contributed by atoms with E-state index in [0.717, 1.165) is 10.8 Å². The van der Waals surface area contributed by atoms with E-state index in [4.69, 9.17) is 5.73 Å². The zero-order valence-electron chi connectivity index (χ0n) is 11.0. The molecule has 0 aliphatic heterocycles. The first kappa shape index (κ1) is 13.7. The molecule has 2 aromatic heterocycles. The molecule has 1 amide bonds. The molecule has 0 atom stereocenters. The van der Waals surface area contributed by atoms with Gasteiger partial charge in [-0.15, -0.1) is 0 Å². The van der Waals surface area contributed by atoms with E-state index in [1.807, 2.05) is 0 Å². The smallest absolute Gasteiger partial charge is 0.338 e. The quantitative estimate of drug-likeness (QED) is 0.809. The fraction of sp³-hybridized carbons (Fsp3) is 0.250. The molecule has 2 N–H and O–H groups in total. The zero-order chi connectivity index (χ0) is 14.9. The van der Waals surface area contributed by atoms with E-state index in [0.29, 0.717) is 0 Å². The van der Waals surface area contributed by atoms with E-state index < -0.39 is 17.2 Å². The van der Waals surface area contributed by atoms with Crippen LogP contribution in [0.3, 0.4) is 0 Å². The number of amides is 1. The zero-order valence-corrected chi connectivity index (χ0v) is 11.0. The van der Waals surface area contributed by atoms with Gasteiger partial charge in [0.05, 0.1) is 0 Å². The molecule has 2 aromatic rings. The third-order valence-electron chi connectivity index (χ3n) is 2.69. The Morgan fingerprint density at radius 3 is 2.35 bits per heavy atom. The maximum Gasteiger partial charge on any atom is 0.338 e. The van der Waals surface area contributed by atoms with Crippen molar-refractivity contribution >= 4 is 5.91 Å². The van der Waals surface area contributed by atoms with Crippen molar-refractivity contribution in [3.63, 3.8) is 0 Å². The lowest BCUT2D eigenvalue weighted by Crippen LogP contribution is -2.43. The van der Waals surface area contributed by atoms with Gasteiger partial charge in [-0.1, -0.05) is 0 Å². The van der Waals surface area contributed by atoms with Crippen LogP contribution in [0.25, 0.3) is 5.95 Å². The van der Waals surface area contributed by atoms with Crippen molar-refractivity contribution in [1.29, 1.82) is 0 Å². The molecule has 0 aromatic carbocycles. The minimum atomic E-state index is -0.908. The predicted molar refractivity (Wildman–Crippen MR) is 70.8 cm³/mol. The Hall–Kier alpha value is -2.77. The summed E-state index contributed by atoms with van der Waals surface area (Å²) >= 11 is 0. The Labute approximate surface area is 113 Å². The third kappa shape index (κ3) is 2.22. The van der Waals surface area contributed by atoms with Gasteiger partial charge in [-0.2, -0.15) is 4.57 Å². The number of carbonyl (C=O) groups excluding carboxylic acids is 1. The van der Waals surface area contributed by atoms with E-state index in [9.17, 15) is 14.4 Å². The number of hydrogen-bond donors (Lipinski definition) is 1. The highest BCUT2D eigenvalue weighted by molar-refractivity contribution is 5.92. The molecule has 0 aliphatic carbocycles. The number of rotatable bonds is 3. The lowest BCUT2D eigenvalue weighted by molar-refractivity contribution is 0.0997. The van der Waals surface area contributed by atoms with Crippen molar-refractivity contribution in [2.24, 2.45) is 5.73 Å². The van der Waals surface area contributed by atoms with Gasteiger partial charge in [-0.05, 0) is 19.9 Å². The standard InChI is InChI=1S/C12H13N5O3/c1-7(2)16-6-8(9(13)18)10(19)17(12(16)20)11-14-4-3-5-15-11/h3-7H,1-2H3,(H2,13,18). The molecule has 0 fully saturated rings. The first-order valence-electron chi connectivity index (χ1n) is 5.89. The van der Waals surface area contributed by atoms with Crippen LogP contribution in [0.5, 0.6) is 0 Å². The number of carbonyl (C=O) groups is 1. The van der Waals surface area contributed by atoms with Crippen LogP contribution < -0.4 is 17.0 Å². The molecule has 2 rings (SSSR count). The van der Waals surface area contributed by atoms with Gasteiger partial charge in [-0.3, -0.25) is 14.2 Å². The number of aromatic nitrogens is 4. The molecule has 8 nitrogen and oxygen atoms in total. The van der Waals surface area contributed by atoms with Gasteiger partial charge in [0.15, 0.2) is 0 Å². The van der Waals surface area contributed by atoms with Crippen LogP contribution in [0.2, 0.25) is 0 Å². The summed E-state index contributed by atoms with van der Waals surface area (Å²) in [5.74, 6) is -1.01. The van der Waals surface area contributed by atoms with E-state index in [1.165, 1.54) is 17.0 Å². The van der Waals surface area contributed by atoms with Crippen LogP contribution in [0, 0.1) is 0 Å². The largest absolute Gasteiger partial charge is 0.365 e. The third-order valence-corrected chi connectivity index (χ3v) is 2.69. The normalized spacial score (nSPS) is 10.8. The Morgan fingerprint density at radius 1 is 1.25 bits per heavy atom. The molecule has 104 valence electrons. The first-order valence-corrected chi connectivity index (χ1v) is 5.89. The SMILES string of the molecule is CC(C)n1cc(C(N)=O)c(=O)n(-c2ncccn2)c1=O. The lowest BCUT2D eigenvalue weighted by Gasteiger charge is -2.13. The topological polar surface area (TPSA) is 113 Å². The van der Waals surface area contributed by atoms with Crippen LogP contribution in [0.1, 0.15) is 30.2 Å². The Bertz CT molecular complexity index is 761. The minimum Gasteiger partial charge on any atom is -0.365 e. The highest BCUT2D eigenvalue weighted by atomic mass is 16.2. The summed E-state index contributed by atoms with van der Waals surface area (Å²) in [5, 5.41) is 0. The molecule has 0 bridgehead atoms. The highest BCUT2D eigenvalue weighted by Crippen LogP contribution is 2.01. The molecule has 0 saturated carbocycles. The second kappa shape index (κ2) is 5.08. The fourth-order valence-corrected chi connectivity index (χ4v) is 1.69. The Balaban J connectivity index is 2.90. The van der Waals surface area contributed by atoms with Crippen LogP contribution in [0.4, 0.5) is 0 Å². The van der Waals surface area contributed by atoms with Crippen molar-refractivity contribution in [3.05, 3.63) is 51.1 Å². The number of primary amides is 1. The van der Waals surface area contributed by atoms with Crippen molar-refractivity contribution in [1.82, 2.24) is 19.1 Å². The van der Waals surface area contributed by atoms with Gasteiger partial charge in [0.1, 0.15) is 5.56 Å². The molecule has 0 spiro atoms. The van der Waals surface area contributed by atoms with Crippen molar-refractivity contribution in [3.8, 4) is 5.95 Å². The van der Waals surface area contributed by atoms with Crippen molar-refractivity contribution in [2.45, 2.75) is 19.9 Å². The molecule has 2 heterocycles. The van der Waals surface area contributed by atoms with Crippen LogP contribution in [-0.2, 0) is 0 Å². The molecular formula is C12H13N5O3. The van der Waals surface area contributed by atoms with Crippen LogP contribution >= 0.6 is 0 Å². The maximum absolute atomic E-state index is 12.3. The maximum atomic E-state index is 12.3. The fourth-order valence-electron chi connectivity index (χ4n) is 1.69. The summed E-state index contributed by atoms with van der Waals surface area (Å²) in [7, 11) is 0. The summed E-state index contributed by atoms with van der Waals surface area (Å²) in [4.78, 5) is 43.5. The first-order chi connectivity index (χ1) is 9.43. The Kier molecular flexibility index (Phi) is 3.47. The lowest BCUT2D eigenvalue weighted by atomic mass is 10.3. The summed E-state index contributed by atoms with van der Waals surface area (Å²) in [6.07, 6.45) is 3.95. The van der Waals surface area contributed by atoms with Gasteiger partial charge in [0.25, 0.3) is 11.5 Å². The number of nitrogens with zero attached hydrogens (tertiary/aromatic N) is 4. The summed E-state index contributed by atoms with van der Waals surface area (Å²) < 4.78 is 1.97. The van der Waals surface area contributed by atoms with E-state index in [-0.39, 0.29) is 17.6 Å². The van der Waals surface area contributed by atoms with E-state index >= 15 is 0 Å². The van der Waals surface area contributed by atoms with Crippen LogP contribution in [0.15, 0.2) is 34.2 Å². The molecule has 20 heavy (non-hydrogen) atoms. The van der Waals surface area contributed by atoms with E-state index in [2.05, 4.69) is 9.97 Å². The molecule has 0 radical (unpaired) electrons. The summed E-state index contributed by atoms with van der Waals surface area (Å²) in [6.45, 7) is 3.49. The minimum absolute atomic E-state index is 0.0972. The number of nitrogens with two attached hydrogens (primary N) is 1. The van der Waals surface area contributed by atoms with Gasteiger partial charge in [0.2, 0.25) is 5.95 Å². The van der Waals surface area contributed by atoms with Gasteiger partial charge in [-0.25, -0.2) is 14.8 Å². The van der Waals surface area contributed by atoms with Gasteiger partial charge < -0.3 is 5.73 Å². The predicted octanol–water partition coefficient (Wildman–Crippen LogP) is -0.531. The average Bonchev–Trinajstić information content (AvgIpc) is 2.39. The second-order valence-corrected chi connectivity index (χ2v) is 4.38. The second-order valence-electron chi connectivity index (χ2n) is 4.38. The van der Waals surface area contributed by atoms with Crippen molar-refractivity contribution < 1.29 is 4.79 Å². The van der Waals surface area contributed by atoms with Crippen LogP contribution in [-0.4, -0.2) is 25.0 Å². The molecular weight excluding hydrogens is 262 g/mol. The van der Waals surface area contributed by atoms with Gasteiger partial charge in [0, 0.05) is 24.6 Å². The molecule has 0 unspecified atom stereocenters. The molecule has 8 heteroatoms. The highest BCUT2D eigenvalue weighted by Gasteiger charge is 2.18. The Morgan fingerprint density at radius 2 is 1.85 bits per heavy atom. The molecule has 0 saturated heterocycles. The van der Waals surface area contributed by atoms with Gasteiger partial charge >= 0.3 is 5.69 Å². The summed E-state index contributed by atoms with van der Waals surface area (Å²) in [5.41, 5.74) is 3.43. The monoisotopic (exact) mass is 275 g/mol. The van der Waals surface area contributed by atoms with E-state index in [1.54, 1.807) is 19.9 Å². The molecule has 0 aliphatic rings. The average molecular weight is 275 g/mol. The van der Waals surface area contributed by atoms with Crippen molar-refractivity contribution in [2.75, 3.05) is 0 Å².